The topological polar surface area (TPSA) is 0 Å². The van der Waals surface area contributed by atoms with E-state index < -0.39 is 20.8 Å². The summed E-state index contributed by atoms with van der Waals surface area (Å²) in [6, 6.07) is 50.7. The standard InChI is InChI=1S/2C20H21.C7H8Si.2ClH.Zr/c2*1-14-12-16-6-5-7-18(19(16)13-14)15-8-10-17(11-9-15)20(2,3)4;1-8-7-5-3-2-4-6-7;;;/h2*5-13H,1-4H3;2-6H,1H3;2*1H;/q2*-1;;;;+4/p-2. The van der Waals surface area contributed by atoms with Crippen molar-refractivity contribution >= 4 is 53.3 Å². The molecule has 7 aromatic rings. The van der Waals surface area contributed by atoms with Crippen LogP contribution in [0.5, 0.6) is 0 Å². The van der Waals surface area contributed by atoms with Gasteiger partial charge in [0.1, 0.15) is 0 Å². The van der Waals surface area contributed by atoms with E-state index in [9.17, 15) is 0 Å². The van der Waals surface area contributed by atoms with Crippen molar-refractivity contribution in [3.63, 3.8) is 0 Å². The summed E-state index contributed by atoms with van der Waals surface area (Å²) in [6.45, 7) is 20.0. The first-order valence-electron chi connectivity index (χ1n) is 17.5. The molecule has 51 heavy (non-hydrogen) atoms. The average molecular weight is 805 g/mol. The summed E-state index contributed by atoms with van der Waals surface area (Å²) >= 11 is -0.826. The quantitative estimate of drug-likeness (QED) is 0.123. The van der Waals surface area contributed by atoms with Crippen LogP contribution in [0, 0.1) is 13.8 Å². The number of halogens is 2. The number of rotatable bonds is 3. The Labute approximate surface area is 328 Å². The Morgan fingerprint density at radius 2 is 0.882 bits per heavy atom. The summed E-state index contributed by atoms with van der Waals surface area (Å²) in [6.07, 6.45) is 0. The zero-order valence-corrected chi connectivity index (χ0v) is 36.5. The first-order chi connectivity index (χ1) is 24.2. The second-order valence-electron chi connectivity index (χ2n) is 15.0. The second-order valence-corrected chi connectivity index (χ2v) is 19.8. The maximum atomic E-state index is 4.93. The molecular formula is C47H50Cl2SiZr. The molecule has 0 saturated carbocycles. The minimum atomic E-state index is -0.826. The van der Waals surface area contributed by atoms with Gasteiger partial charge in [0, 0.05) is 0 Å². The fourth-order valence-corrected chi connectivity index (χ4v) is 6.70. The normalized spacial score (nSPS) is 11.0. The van der Waals surface area contributed by atoms with Crippen molar-refractivity contribution in [2.24, 2.45) is 0 Å². The molecule has 260 valence electrons. The van der Waals surface area contributed by atoms with Gasteiger partial charge in [-0.1, -0.05) is 169 Å². The Kier molecular flexibility index (Phi) is 14.9. The summed E-state index contributed by atoms with van der Waals surface area (Å²) in [5.41, 5.74) is 11.1. The summed E-state index contributed by atoms with van der Waals surface area (Å²) in [7, 11) is 10.8. The number of benzene rings is 5. The molecule has 0 heterocycles. The van der Waals surface area contributed by atoms with E-state index in [4.69, 9.17) is 17.0 Å². The summed E-state index contributed by atoms with van der Waals surface area (Å²) in [4.78, 5) is 0. The third-order valence-corrected chi connectivity index (χ3v) is 9.89. The molecule has 0 aromatic heterocycles. The van der Waals surface area contributed by atoms with Crippen LogP contribution in [-0.2, 0) is 31.7 Å². The third kappa shape index (κ3) is 11.5. The van der Waals surface area contributed by atoms with Gasteiger partial charge in [-0.25, -0.2) is 0 Å². The SMILES string of the molecule is C[Si]c1ccccc1.Cc1cc2c(-c3ccc(C(C)(C)C)cc3)cccc2[cH-]1.Cc1cc2c(-c3ccc(C(C)(C)C)cc3)cccc2[cH-]1.[Cl][Zr+2][Cl]. The van der Waals surface area contributed by atoms with E-state index in [2.05, 4.69) is 195 Å². The minimum absolute atomic E-state index is 0.210. The van der Waals surface area contributed by atoms with E-state index in [1.54, 1.807) is 0 Å². The van der Waals surface area contributed by atoms with Crippen LogP contribution in [0.1, 0.15) is 63.8 Å². The molecule has 0 saturated heterocycles. The van der Waals surface area contributed by atoms with Crippen molar-refractivity contribution in [2.45, 2.75) is 72.8 Å². The molecule has 2 radical (unpaired) electrons. The predicted molar refractivity (Wildman–Crippen MR) is 226 cm³/mol. The van der Waals surface area contributed by atoms with Crippen molar-refractivity contribution < 1.29 is 20.8 Å². The van der Waals surface area contributed by atoms with Crippen LogP contribution in [0.2, 0.25) is 6.55 Å². The third-order valence-electron chi connectivity index (χ3n) is 8.98. The molecule has 0 aliphatic carbocycles. The van der Waals surface area contributed by atoms with Gasteiger partial charge < -0.3 is 0 Å². The number of fused-ring (bicyclic) bond motifs is 2. The van der Waals surface area contributed by atoms with Gasteiger partial charge in [-0.05, 0) is 33.1 Å². The van der Waals surface area contributed by atoms with Crippen LogP contribution < -0.4 is 5.19 Å². The number of aryl methyl sites for hydroxylation is 2. The van der Waals surface area contributed by atoms with Crippen molar-refractivity contribution in [2.75, 3.05) is 0 Å². The number of hydrogen-bond acceptors (Lipinski definition) is 0. The monoisotopic (exact) mass is 802 g/mol. The van der Waals surface area contributed by atoms with Crippen molar-refractivity contribution in [1.29, 1.82) is 0 Å². The molecule has 0 unspecified atom stereocenters. The summed E-state index contributed by atoms with van der Waals surface area (Å²) in [5.74, 6) is 0. The van der Waals surface area contributed by atoms with Crippen LogP contribution in [0.3, 0.4) is 0 Å². The molecule has 0 aliphatic rings. The zero-order valence-electron chi connectivity index (χ0n) is 31.5. The van der Waals surface area contributed by atoms with E-state index in [-0.39, 0.29) is 10.8 Å². The Morgan fingerprint density at radius 3 is 1.20 bits per heavy atom. The van der Waals surface area contributed by atoms with Gasteiger partial charge in [-0.15, -0.1) is 69.1 Å². The Balaban J connectivity index is 0.000000178. The molecule has 0 atom stereocenters. The van der Waals surface area contributed by atoms with Gasteiger partial charge in [-0.3, -0.25) is 0 Å². The van der Waals surface area contributed by atoms with Crippen LogP contribution >= 0.6 is 17.0 Å². The molecule has 7 aromatic carbocycles. The van der Waals surface area contributed by atoms with Crippen LogP contribution in [0.4, 0.5) is 0 Å². The van der Waals surface area contributed by atoms with Crippen molar-refractivity contribution in [3.8, 4) is 22.3 Å². The van der Waals surface area contributed by atoms with E-state index >= 15 is 0 Å². The van der Waals surface area contributed by atoms with E-state index in [0.29, 0.717) is 0 Å². The number of hydrogen-bond donors (Lipinski definition) is 0. The van der Waals surface area contributed by atoms with Crippen LogP contribution in [0.25, 0.3) is 43.8 Å². The first-order valence-corrected chi connectivity index (χ1v) is 25.3. The molecule has 0 bridgehead atoms. The molecule has 0 N–H and O–H groups in total. The van der Waals surface area contributed by atoms with E-state index in [0.717, 1.165) is 9.52 Å². The Hall–Kier alpha value is -3.00. The van der Waals surface area contributed by atoms with Crippen LogP contribution in [0.15, 0.2) is 140 Å². The molecule has 0 spiro atoms. The summed E-state index contributed by atoms with van der Waals surface area (Å²) < 4.78 is 0. The second kappa shape index (κ2) is 18.7. The van der Waals surface area contributed by atoms with Gasteiger partial charge in [0.25, 0.3) is 0 Å². The average Bonchev–Trinajstić information content (AvgIpc) is 3.69. The van der Waals surface area contributed by atoms with Gasteiger partial charge in [0.05, 0.1) is 9.52 Å². The van der Waals surface area contributed by atoms with Gasteiger partial charge in [-0.2, -0.15) is 12.1 Å². The molecular weight excluding hydrogens is 755 g/mol. The Morgan fingerprint density at radius 1 is 0.510 bits per heavy atom. The molecule has 0 nitrogen and oxygen atoms in total. The maximum absolute atomic E-state index is 4.93. The molecule has 7 rings (SSSR count). The fourth-order valence-electron chi connectivity index (χ4n) is 6.18. The molecule has 0 amide bonds. The fraction of sp³-hybridized carbons (Fsp3) is 0.234. The van der Waals surface area contributed by atoms with E-state index in [1.165, 1.54) is 71.2 Å². The van der Waals surface area contributed by atoms with Gasteiger partial charge in [0.15, 0.2) is 0 Å². The first kappa shape index (κ1) is 40.8. The van der Waals surface area contributed by atoms with Gasteiger partial charge in [0.2, 0.25) is 0 Å². The van der Waals surface area contributed by atoms with Crippen molar-refractivity contribution in [3.05, 3.63) is 162 Å². The summed E-state index contributed by atoms with van der Waals surface area (Å²) in [5, 5.41) is 6.81. The van der Waals surface area contributed by atoms with E-state index in [1.807, 2.05) is 6.07 Å². The van der Waals surface area contributed by atoms with Crippen LogP contribution in [-0.4, -0.2) is 9.52 Å². The zero-order chi connectivity index (χ0) is 37.2. The molecule has 0 fully saturated rings. The molecule has 4 heteroatoms. The van der Waals surface area contributed by atoms with Gasteiger partial charge >= 0.3 is 37.9 Å². The predicted octanol–water partition coefficient (Wildman–Crippen LogP) is 14.1. The Bertz CT molecular complexity index is 1960. The van der Waals surface area contributed by atoms with Crippen molar-refractivity contribution in [1.82, 2.24) is 0 Å². The molecule has 0 aliphatic heterocycles.